The van der Waals surface area contributed by atoms with Gasteiger partial charge in [0.1, 0.15) is 18.2 Å². The van der Waals surface area contributed by atoms with Gasteiger partial charge in [-0.2, -0.15) is 0 Å². The van der Waals surface area contributed by atoms with E-state index < -0.39 is 36.1 Å². The van der Waals surface area contributed by atoms with Crippen LogP contribution in [0, 0.1) is 10.8 Å². The predicted octanol–water partition coefficient (Wildman–Crippen LogP) is 0.539. The summed E-state index contributed by atoms with van der Waals surface area (Å²) in [6.07, 6.45) is -0.730. The van der Waals surface area contributed by atoms with E-state index in [0.29, 0.717) is 5.69 Å². The molecule has 1 amide bonds. The normalized spacial score (nSPS) is 11.2. The maximum absolute atomic E-state index is 12.8. The van der Waals surface area contributed by atoms with Crippen molar-refractivity contribution in [1.29, 1.82) is 10.8 Å². The van der Waals surface area contributed by atoms with E-state index in [9.17, 15) is 19.2 Å². The molecule has 13 heteroatoms. The molecule has 0 radical (unpaired) electrons. The van der Waals surface area contributed by atoms with Crippen LogP contribution in [-0.4, -0.2) is 65.3 Å². The van der Waals surface area contributed by atoms with Crippen LogP contribution in [-0.2, 0) is 20.8 Å². The van der Waals surface area contributed by atoms with Gasteiger partial charge in [-0.25, -0.2) is 4.79 Å². The van der Waals surface area contributed by atoms with Crippen LogP contribution in [0.5, 0.6) is 5.75 Å². The molecule has 0 spiro atoms. The molecule has 2 rings (SSSR count). The van der Waals surface area contributed by atoms with E-state index in [0.717, 1.165) is 0 Å². The molecule has 1 atom stereocenters. The number of amides is 1. The molecule has 0 saturated heterocycles. The summed E-state index contributed by atoms with van der Waals surface area (Å²) in [7, 11) is 1.59. The molecule has 13 nitrogen and oxygen atoms in total. The van der Waals surface area contributed by atoms with Crippen molar-refractivity contribution in [3.63, 3.8) is 0 Å². The quantitative estimate of drug-likeness (QED) is 0.112. The van der Waals surface area contributed by atoms with E-state index in [-0.39, 0.29) is 53.7 Å². The molecule has 2 aromatic carbocycles. The van der Waals surface area contributed by atoms with Crippen molar-refractivity contribution in [3.05, 3.63) is 59.2 Å². The fourth-order valence-electron chi connectivity index (χ4n) is 3.18. The van der Waals surface area contributed by atoms with Gasteiger partial charge in [0.25, 0.3) is 5.91 Å². The first kappa shape index (κ1) is 28.3. The lowest BCUT2D eigenvalue weighted by Gasteiger charge is -2.21. The highest BCUT2D eigenvalue weighted by Gasteiger charge is 2.20. The molecule has 9 N–H and O–H groups in total. The van der Waals surface area contributed by atoms with E-state index >= 15 is 0 Å². The van der Waals surface area contributed by atoms with Gasteiger partial charge >= 0.3 is 11.9 Å². The molecule has 37 heavy (non-hydrogen) atoms. The van der Waals surface area contributed by atoms with Gasteiger partial charge in [-0.05, 0) is 36.8 Å². The fourth-order valence-corrected chi connectivity index (χ4v) is 3.18. The van der Waals surface area contributed by atoms with E-state index in [4.69, 9.17) is 37.2 Å². The van der Waals surface area contributed by atoms with Gasteiger partial charge in [0, 0.05) is 42.3 Å². The molecule has 2 aromatic rings. The van der Waals surface area contributed by atoms with Crippen LogP contribution >= 0.6 is 0 Å². The zero-order chi connectivity index (χ0) is 27.7. The minimum Gasteiger partial charge on any atom is -0.491 e. The molecule has 0 aliphatic heterocycles. The molecule has 0 unspecified atom stereocenters. The minimum atomic E-state index is -1.62. The number of nitrogen functional groups attached to an aromatic ring is 1. The first-order valence-corrected chi connectivity index (χ1v) is 11.0. The molecule has 0 aliphatic rings. The number of Topliss-reactive ketones (excluding diaryl/α,β-unsaturated/α-hetero) is 1. The summed E-state index contributed by atoms with van der Waals surface area (Å²) in [5, 5.41) is 35.8. The fraction of sp³-hybridized carbons (Fsp3) is 0.250. The first-order chi connectivity index (χ1) is 17.4. The van der Waals surface area contributed by atoms with Gasteiger partial charge in [-0.15, -0.1) is 0 Å². The Morgan fingerprint density at radius 3 is 2.19 bits per heavy atom. The second-order valence-corrected chi connectivity index (χ2v) is 8.05. The van der Waals surface area contributed by atoms with Gasteiger partial charge in [0.15, 0.2) is 5.96 Å². The van der Waals surface area contributed by atoms with Gasteiger partial charge in [0.05, 0.1) is 6.04 Å². The zero-order valence-corrected chi connectivity index (χ0v) is 20.0. The Kier molecular flexibility index (Phi) is 9.69. The van der Waals surface area contributed by atoms with Crippen molar-refractivity contribution in [2.75, 3.05) is 18.6 Å². The van der Waals surface area contributed by atoms with Gasteiger partial charge < -0.3 is 36.6 Å². The third-order valence-electron chi connectivity index (χ3n) is 5.33. The second-order valence-electron chi connectivity index (χ2n) is 8.05. The molecular formula is C24H28N6O7. The maximum Gasteiger partial charge on any atom is 0.372 e. The highest BCUT2D eigenvalue weighted by Crippen LogP contribution is 2.22. The number of nitrogens with one attached hydrogen (secondary N) is 3. The molecule has 0 saturated carbocycles. The second kappa shape index (κ2) is 12.7. The number of rotatable bonds is 13. The Morgan fingerprint density at radius 1 is 1.03 bits per heavy atom. The Balaban J connectivity index is 2.22. The van der Waals surface area contributed by atoms with Crippen LogP contribution in [0.3, 0.4) is 0 Å². The number of ether oxygens (including phenoxy) is 1. The van der Waals surface area contributed by atoms with Gasteiger partial charge in [-0.3, -0.25) is 25.2 Å². The SMILES string of the molecule is CN(C(=N)N)c1ccc(C(=O)N[C@H](CCC(=O)O)COc2cc(C(=N)N)ccc2CC(=O)C(=O)O)cc1. The number of aliphatic carboxylic acids is 2. The summed E-state index contributed by atoms with van der Waals surface area (Å²) in [5.41, 5.74) is 12.3. The number of carboxylic acid groups (broad SMARTS) is 2. The number of carboxylic acids is 2. The molecule has 0 bridgehead atoms. The van der Waals surface area contributed by atoms with Crippen LogP contribution in [0.2, 0.25) is 0 Å². The number of hydrogen-bond donors (Lipinski definition) is 7. The summed E-state index contributed by atoms with van der Waals surface area (Å²) >= 11 is 0. The average molecular weight is 513 g/mol. The number of nitrogens with zero attached hydrogens (tertiary/aromatic N) is 1. The molecule has 0 fully saturated rings. The lowest BCUT2D eigenvalue weighted by molar-refractivity contribution is -0.148. The van der Waals surface area contributed by atoms with Crippen molar-refractivity contribution in [2.45, 2.75) is 25.3 Å². The monoisotopic (exact) mass is 512 g/mol. The molecular weight excluding hydrogens is 484 g/mol. The lowest BCUT2D eigenvalue weighted by atomic mass is 10.0. The standard InChI is InChI=1S/C24H28N6O7/c1-30(24(27)28)17-7-4-13(5-8-17)22(34)29-16(6-9-20(32)33)12-37-19-11-15(21(25)26)3-2-14(19)10-18(31)23(35)36/h2-5,7-8,11,16H,6,9-10,12H2,1H3,(H3,25,26)(H3,27,28)(H,29,34)(H,32,33)(H,35,36)/t16-/m1/s1. The average Bonchev–Trinajstić information content (AvgIpc) is 2.85. The van der Waals surface area contributed by atoms with Crippen molar-refractivity contribution < 1.29 is 34.1 Å². The zero-order valence-electron chi connectivity index (χ0n) is 20.0. The van der Waals surface area contributed by atoms with E-state index in [1.54, 1.807) is 19.2 Å². The highest BCUT2D eigenvalue weighted by molar-refractivity contribution is 6.33. The van der Waals surface area contributed by atoms with Gasteiger partial charge in [0.2, 0.25) is 5.78 Å². The topological polar surface area (TPSA) is 233 Å². The number of carbonyl (C=O) groups excluding carboxylic acids is 2. The summed E-state index contributed by atoms with van der Waals surface area (Å²) in [5.74, 6) is -4.66. The van der Waals surface area contributed by atoms with E-state index in [1.807, 2.05) is 0 Å². The van der Waals surface area contributed by atoms with Crippen molar-refractivity contribution >= 4 is 41.1 Å². The number of nitrogens with two attached hydrogens (primary N) is 2. The smallest absolute Gasteiger partial charge is 0.372 e. The van der Waals surface area contributed by atoms with Crippen LogP contribution in [0.15, 0.2) is 42.5 Å². The maximum atomic E-state index is 12.8. The van der Waals surface area contributed by atoms with Gasteiger partial charge in [-0.1, -0.05) is 12.1 Å². The largest absolute Gasteiger partial charge is 0.491 e. The number of benzene rings is 2. The summed E-state index contributed by atoms with van der Waals surface area (Å²) in [6.45, 7) is -0.209. The number of ketones is 1. The Labute approximate surface area is 212 Å². The predicted molar refractivity (Wildman–Crippen MR) is 134 cm³/mol. The summed E-state index contributed by atoms with van der Waals surface area (Å²) in [4.78, 5) is 48.1. The molecule has 0 aromatic heterocycles. The molecule has 0 heterocycles. The Morgan fingerprint density at radius 2 is 1.65 bits per heavy atom. The van der Waals surface area contributed by atoms with Crippen molar-refractivity contribution in [2.24, 2.45) is 11.5 Å². The minimum absolute atomic E-state index is 0.0159. The third-order valence-corrected chi connectivity index (χ3v) is 5.33. The summed E-state index contributed by atoms with van der Waals surface area (Å²) < 4.78 is 5.77. The van der Waals surface area contributed by atoms with Crippen molar-refractivity contribution in [1.82, 2.24) is 5.32 Å². The lowest BCUT2D eigenvalue weighted by Crippen LogP contribution is -2.39. The Bertz CT molecular complexity index is 1210. The highest BCUT2D eigenvalue weighted by atomic mass is 16.5. The van der Waals surface area contributed by atoms with Crippen molar-refractivity contribution in [3.8, 4) is 5.75 Å². The molecule has 196 valence electrons. The van der Waals surface area contributed by atoms with Crippen LogP contribution < -0.4 is 26.4 Å². The van der Waals surface area contributed by atoms with E-state index in [2.05, 4.69) is 5.32 Å². The summed E-state index contributed by atoms with van der Waals surface area (Å²) in [6, 6.07) is 9.68. The Hall–Kier alpha value is -4.94. The molecule has 0 aliphatic carbocycles. The number of guanidine groups is 1. The number of carbonyl (C=O) groups is 4. The number of hydrogen-bond acceptors (Lipinski definition) is 7. The third kappa shape index (κ3) is 8.35. The number of amidine groups is 1. The first-order valence-electron chi connectivity index (χ1n) is 11.0. The number of anilines is 1. The van der Waals surface area contributed by atoms with Crippen LogP contribution in [0.25, 0.3) is 0 Å². The van der Waals surface area contributed by atoms with Crippen LogP contribution in [0.1, 0.15) is 34.3 Å². The van der Waals surface area contributed by atoms with E-state index in [1.165, 1.54) is 35.2 Å². The van der Waals surface area contributed by atoms with Crippen LogP contribution in [0.4, 0.5) is 5.69 Å².